The van der Waals surface area contributed by atoms with Crippen molar-refractivity contribution in [3.63, 3.8) is 0 Å². The van der Waals surface area contributed by atoms with E-state index in [9.17, 15) is 9.59 Å². The number of nitrogens with zero attached hydrogens (tertiary/aromatic N) is 1. The van der Waals surface area contributed by atoms with E-state index in [0.717, 1.165) is 17.7 Å². The summed E-state index contributed by atoms with van der Waals surface area (Å²) in [5.74, 6) is 1.53. The first kappa shape index (κ1) is 19.5. The van der Waals surface area contributed by atoms with Gasteiger partial charge in [0.25, 0.3) is 0 Å². The predicted molar refractivity (Wildman–Crippen MR) is 107 cm³/mol. The Labute approximate surface area is 164 Å². The van der Waals surface area contributed by atoms with Gasteiger partial charge in [-0.2, -0.15) is 0 Å². The lowest BCUT2D eigenvalue weighted by Crippen LogP contribution is -2.40. The highest BCUT2D eigenvalue weighted by Crippen LogP contribution is 2.18. The van der Waals surface area contributed by atoms with Gasteiger partial charge in [0.05, 0.1) is 20.3 Å². The summed E-state index contributed by atoms with van der Waals surface area (Å²) < 4.78 is 10.3. The molecule has 2 aromatic carbocycles. The Kier molecular flexibility index (Phi) is 6.37. The number of hydrogen-bond acceptors (Lipinski definition) is 4. The average molecular weight is 383 g/mol. The number of amides is 3. The van der Waals surface area contributed by atoms with Gasteiger partial charge in [-0.1, -0.05) is 18.2 Å². The summed E-state index contributed by atoms with van der Waals surface area (Å²) in [7, 11) is 3.21. The van der Waals surface area contributed by atoms with Gasteiger partial charge in [0.2, 0.25) is 5.91 Å². The van der Waals surface area contributed by atoms with Crippen LogP contribution in [0.3, 0.4) is 0 Å². The summed E-state index contributed by atoms with van der Waals surface area (Å²) in [5.41, 5.74) is 1.78. The van der Waals surface area contributed by atoms with E-state index in [-0.39, 0.29) is 18.0 Å². The minimum absolute atomic E-state index is 0.0557. The lowest BCUT2D eigenvalue weighted by Gasteiger charge is -2.17. The second kappa shape index (κ2) is 9.12. The number of hydrogen-bond donors (Lipinski definition) is 2. The molecule has 28 heavy (non-hydrogen) atoms. The van der Waals surface area contributed by atoms with E-state index in [1.807, 2.05) is 24.3 Å². The Morgan fingerprint density at radius 2 is 1.86 bits per heavy atom. The minimum Gasteiger partial charge on any atom is -0.497 e. The first-order chi connectivity index (χ1) is 13.6. The van der Waals surface area contributed by atoms with E-state index < -0.39 is 0 Å². The highest BCUT2D eigenvalue weighted by Gasteiger charge is 2.30. The lowest BCUT2D eigenvalue weighted by molar-refractivity contribution is -0.127. The third-order valence-corrected chi connectivity index (χ3v) is 4.71. The molecule has 3 rings (SSSR count). The molecule has 1 aliphatic rings. The Morgan fingerprint density at radius 3 is 2.57 bits per heavy atom. The lowest BCUT2D eigenvalue weighted by atomic mass is 10.1. The molecule has 148 valence electrons. The van der Waals surface area contributed by atoms with Crippen LogP contribution in [-0.4, -0.2) is 50.2 Å². The molecule has 1 heterocycles. The number of benzene rings is 2. The number of nitrogens with one attached hydrogen (secondary N) is 2. The number of carbonyl (C=O) groups excluding carboxylic acids is 2. The Hall–Kier alpha value is -3.22. The van der Waals surface area contributed by atoms with Crippen LogP contribution < -0.4 is 20.1 Å². The highest BCUT2D eigenvalue weighted by atomic mass is 16.5. The smallest absolute Gasteiger partial charge is 0.319 e. The zero-order valence-electron chi connectivity index (χ0n) is 16.1. The first-order valence-electron chi connectivity index (χ1n) is 9.19. The molecule has 1 saturated heterocycles. The van der Waals surface area contributed by atoms with Gasteiger partial charge in [-0.05, 0) is 36.2 Å². The molecule has 0 saturated carbocycles. The van der Waals surface area contributed by atoms with Crippen LogP contribution in [0.15, 0.2) is 48.5 Å². The molecule has 0 bridgehead atoms. The normalized spacial score (nSPS) is 16.0. The summed E-state index contributed by atoms with van der Waals surface area (Å²) in [6.45, 7) is 1.14. The maximum atomic E-state index is 12.2. The average Bonchev–Trinajstić information content (AvgIpc) is 3.05. The molecule has 1 atom stereocenters. The third-order valence-electron chi connectivity index (χ3n) is 4.71. The molecule has 0 aromatic heterocycles. The van der Waals surface area contributed by atoms with E-state index in [0.29, 0.717) is 30.9 Å². The molecule has 7 nitrogen and oxygen atoms in total. The molecular weight excluding hydrogens is 358 g/mol. The van der Waals surface area contributed by atoms with Gasteiger partial charge in [-0.15, -0.1) is 0 Å². The fourth-order valence-electron chi connectivity index (χ4n) is 3.19. The number of likely N-dealkylation sites (tertiary alicyclic amines) is 1. The molecule has 7 heteroatoms. The van der Waals surface area contributed by atoms with E-state index >= 15 is 0 Å². The van der Waals surface area contributed by atoms with Crippen LogP contribution in [0.1, 0.15) is 12.0 Å². The summed E-state index contributed by atoms with van der Waals surface area (Å²) in [6.07, 6.45) is 1.08. The van der Waals surface area contributed by atoms with Crippen LogP contribution in [0.25, 0.3) is 0 Å². The molecule has 0 aliphatic carbocycles. The summed E-state index contributed by atoms with van der Waals surface area (Å²) in [4.78, 5) is 26.3. The zero-order chi connectivity index (χ0) is 19.9. The van der Waals surface area contributed by atoms with E-state index in [1.165, 1.54) is 0 Å². The summed E-state index contributed by atoms with van der Waals surface area (Å²) >= 11 is 0. The second-order valence-corrected chi connectivity index (χ2v) is 6.67. The monoisotopic (exact) mass is 383 g/mol. The molecular formula is C21H25N3O4. The number of rotatable bonds is 7. The van der Waals surface area contributed by atoms with Gasteiger partial charge < -0.3 is 25.0 Å². The van der Waals surface area contributed by atoms with Crippen LogP contribution in [0.2, 0.25) is 0 Å². The first-order valence-corrected chi connectivity index (χ1v) is 9.19. The predicted octanol–water partition coefficient (Wildman–Crippen LogP) is 2.67. The zero-order valence-corrected chi connectivity index (χ0v) is 16.1. The van der Waals surface area contributed by atoms with Crippen molar-refractivity contribution >= 4 is 17.6 Å². The Bertz CT molecular complexity index is 823. The quantitative estimate of drug-likeness (QED) is 0.770. The SMILES string of the molecule is COc1ccc(CCN2C[C@@H](NC(=O)Nc3cccc(OC)c3)CC2=O)cc1. The molecule has 0 radical (unpaired) electrons. The van der Waals surface area contributed by atoms with Crippen molar-refractivity contribution in [2.24, 2.45) is 0 Å². The number of ether oxygens (including phenoxy) is 2. The molecule has 1 aliphatic heterocycles. The summed E-state index contributed by atoms with van der Waals surface area (Å²) in [6, 6.07) is 14.4. The topological polar surface area (TPSA) is 79.9 Å². The summed E-state index contributed by atoms with van der Waals surface area (Å²) in [5, 5.41) is 5.64. The fourth-order valence-corrected chi connectivity index (χ4v) is 3.19. The largest absolute Gasteiger partial charge is 0.497 e. The maximum absolute atomic E-state index is 12.2. The van der Waals surface area contributed by atoms with E-state index in [1.54, 1.807) is 43.4 Å². The van der Waals surface area contributed by atoms with E-state index in [4.69, 9.17) is 9.47 Å². The van der Waals surface area contributed by atoms with Crippen molar-refractivity contribution in [1.29, 1.82) is 0 Å². The van der Waals surface area contributed by atoms with Crippen LogP contribution in [0.4, 0.5) is 10.5 Å². The Balaban J connectivity index is 1.47. The Morgan fingerprint density at radius 1 is 1.11 bits per heavy atom. The molecule has 3 amide bonds. The van der Waals surface area contributed by atoms with Gasteiger partial charge in [-0.25, -0.2) is 4.79 Å². The van der Waals surface area contributed by atoms with E-state index in [2.05, 4.69) is 10.6 Å². The maximum Gasteiger partial charge on any atom is 0.319 e. The van der Waals surface area contributed by atoms with Crippen LogP contribution >= 0.6 is 0 Å². The van der Waals surface area contributed by atoms with Gasteiger partial charge in [0, 0.05) is 31.3 Å². The highest BCUT2D eigenvalue weighted by molar-refractivity contribution is 5.90. The molecule has 2 aromatic rings. The van der Waals surface area contributed by atoms with Gasteiger partial charge in [-0.3, -0.25) is 4.79 Å². The van der Waals surface area contributed by atoms with Gasteiger partial charge in [0.15, 0.2) is 0 Å². The molecule has 2 N–H and O–H groups in total. The van der Waals surface area contributed by atoms with Gasteiger partial charge in [0.1, 0.15) is 11.5 Å². The van der Waals surface area contributed by atoms with Crippen LogP contribution in [0, 0.1) is 0 Å². The number of urea groups is 1. The number of carbonyl (C=O) groups is 2. The number of anilines is 1. The van der Waals surface area contributed by atoms with Crippen molar-refractivity contribution in [1.82, 2.24) is 10.2 Å². The molecule has 0 spiro atoms. The third kappa shape index (κ3) is 5.16. The van der Waals surface area contributed by atoms with Crippen LogP contribution in [0.5, 0.6) is 11.5 Å². The minimum atomic E-state index is -0.331. The van der Waals surface area contributed by atoms with Crippen LogP contribution in [-0.2, 0) is 11.2 Å². The van der Waals surface area contributed by atoms with Crippen molar-refractivity contribution in [2.75, 3.05) is 32.6 Å². The van der Waals surface area contributed by atoms with Crippen molar-refractivity contribution in [2.45, 2.75) is 18.9 Å². The van der Waals surface area contributed by atoms with Crippen molar-refractivity contribution < 1.29 is 19.1 Å². The fraction of sp³-hybridized carbons (Fsp3) is 0.333. The molecule has 1 fully saturated rings. The number of methoxy groups -OCH3 is 2. The van der Waals surface area contributed by atoms with Crippen molar-refractivity contribution in [3.8, 4) is 11.5 Å². The van der Waals surface area contributed by atoms with Gasteiger partial charge >= 0.3 is 6.03 Å². The standard InChI is InChI=1S/C21H25N3O4/c1-27-18-8-6-15(7-9-18)10-11-24-14-17(13-20(24)25)23-21(26)22-16-4-3-5-19(12-16)28-2/h3-9,12,17H,10-11,13-14H2,1-2H3,(H2,22,23,26)/t17-/m0/s1. The van der Waals surface area contributed by atoms with Crippen molar-refractivity contribution in [3.05, 3.63) is 54.1 Å². The second-order valence-electron chi connectivity index (χ2n) is 6.67. The molecule has 0 unspecified atom stereocenters.